The molecule has 2 aromatic heterocycles. The molecule has 4 aromatic rings. The van der Waals surface area contributed by atoms with E-state index < -0.39 is 11.9 Å². The Labute approximate surface area is 209 Å². The van der Waals surface area contributed by atoms with Gasteiger partial charge in [0.15, 0.2) is 5.65 Å². The summed E-state index contributed by atoms with van der Waals surface area (Å²) >= 11 is 0. The maximum atomic E-state index is 13.7. The van der Waals surface area contributed by atoms with Crippen LogP contribution in [0.3, 0.4) is 0 Å². The predicted octanol–water partition coefficient (Wildman–Crippen LogP) is 4.13. The molecule has 2 aromatic carbocycles. The number of hydrogen-bond acceptors (Lipinski definition) is 5. The Kier molecular flexibility index (Phi) is 7.85. The molecule has 0 saturated carbocycles. The van der Waals surface area contributed by atoms with Crippen molar-refractivity contribution in [3.63, 3.8) is 0 Å². The lowest BCUT2D eigenvalue weighted by Crippen LogP contribution is -2.42. The molecule has 0 N–H and O–H groups in total. The number of carbonyl (C=O) groups excluding carboxylic acids is 1. The van der Waals surface area contributed by atoms with Crippen LogP contribution in [0.4, 0.5) is 4.39 Å². The Bertz CT molecular complexity index is 1390. The van der Waals surface area contributed by atoms with Crippen LogP contribution in [-0.4, -0.2) is 57.4 Å². The number of amides is 1. The van der Waals surface area contributed by atoms with Gasteiger partial charge in [0.2, 0.25) is 0 Å². The summed E-state index contributed by atoms with van der Waals surface area (Å²) in [5.74, 6) is -0.172. The van der Waals surface area contributed by atoms with Crippen LogP contribution < -0.4 is 5.56 Å². The maximum absolute atomic E-state index is 13.7. The van der Waals surface area contributed by atoms with Crippen molar-refractivity contribution in [3.05, 3.63) is 106 Å². The number of halogens is 1. The van der Waals surface area contributed by atoms with Crippen LogP contribution in [0, 0.1) is 5.82 Å². The topological polar surface area (TPSA) is 71.3 Å². The Morgan fingerprint density at radius 2 is 1.72 bits per heavy atom. The first-order valence-electron chi connectivity index (χ1n) is 12.0. The number of fused-ring (bicyclic) bond motifs is 1. The van der Waals surface area contributed by atoms with Crippen molar-refractivity contribution in [2.24, 2.45) is 0 Å². The van der Waals surface area contributed by atoms with Crippen molar-refractivity contribution < 1.29 is 9.18 Å². The highest BCUT2D eigenvalue weighted by Crippen LogP contribution is 2.26. The lowest BCUT2D eigenvalue weighted by Gasteiger charge is -2.33. The van der Waals surface area contributed by atoms with E-state index in [4.69, 9.17) is 4.98 Å². The normalized spacial score (nSPS) is 12.1. The molecule has 0 aliphatic carbocycles. The second-order valence-corrected chi connectivity index (χ2v) is 8.95. The van der Waals surface area contributed by atoms with Crippen LogP contribution in [0.5, 0.6) is 0 Å². The zero-order valence-electron chi connectivity index (χ0n) is 20.8. The predicted molar refractivity (Wildman–Crippen MR) is 138 cm³/mol. The summed E-state index contributed by atoms with van der Waals surface area (Å²) in [7, 11) is 3.87. The highest BCUT2D eigenvalue weighted by Gasteiger charge is 2.29. The highest BCUT2D eigenvalue weighted by atomic mass is 19.1. The summed E-state index contributed by atoms with van der Waals surface area (Å²) in [4.78, 5) is 40.3. The van der Waals surface area contributed by atoms with Gasteiger partial charge in [-0.25, -0.2) is 14.4 Å². The smallest absolute Gasteiger partial charge is 0.263 e. The average molecular weight is 488 g/mol. The third-order valence-electron chi connectivity index (χ3n) is 6.14. The minimum absolute atomic E-state index is 0.202. The molecule has 0 aliphatic heterocycles. The van der Waals surface area contributed by atoms with E-state index in [1.165, 1.54) is 24.3 Å². The average Bonchev–Trinajstić information content (AvgIpc) is 2.89. The van der Waals surface area contributed by atoms with Gasteiger partial charge in [-0.15, -0.1) is 0 Å². The summed E-state index contributed by atoms with van der Waals surface area (Å²) in [6.45, 7) is 3.30. The van der Waals surface area contributed by atoms with E-state index in [0.29, 0.717) is 48.5 Å². The molecule has 1 amide bonds. The number of benzene rings is 2. The van der Waals surface area contributed by atoms with E-state index in [1.54, 1.807) is 27.8 Å². The molecule has 4 rings (SSSR count). The quantitative estimate of drug-likeness (QED) is 0.355. The number of nitrogens with zero attached hydrogens (tertiary/aromatic N) is 5. The van der Waals surface area contributed by atoms with Crippen LogP contribution in [0.2, 0.25) is 0 Å². The second-order valence-electron chi connectivity index (χ2n) is 8.95. The van der Waals surface area contributed by atoms with E-state index in [1.807, 2.05) is 56.3 Å². The van der Waals surface area contributed by atoms with Gasteiger partial charge >= 0.3 is 0 Å². The molecule has 2 heterocycles. The summed E-state index contributed by atoms with van der Waals surface area (Å²) in [6.07, 6.45) is 2.13. The molecule has 0 saturated heterocycles. The third kappa shape index (κ3) is 5.49. The Morgan fingerprint density at radius 1 is 1.00 bits per heavy atom. The lowest BCUT2D eigenvalue weighted by atomic mass is 10.1. The van der Waals surface area contributed by atoms with Gasteiger partial charge in [-0.3, -0.25) is 14.2 Å². The Morgan fingerprint density at radius 3 is 2.39 bits per heavy atom. The number of pyridine rings is 1. The maximum Gasteiger partial charge on any atom is 0.263 e. The van der Waals surface area contributed by atoms with Crippen LogP contribution in [0.25, 0.3) is 11.0 Å². The van der Waals surface area contributed by atoms with Gasteiger partial charge in [0.25, 0.3) is 11.5 Å². The molecule has 7 nitrogen and oxygen atoms in total. The molecule has 1 atom stereocenters. The lowest BCUT2D eigenvalue weighted by molar-refractivity contribution is 0.0642. The van der Waals surface area contributed by atoms with Crippen LogP contribution in [0.1, 0.15) is 41.1 Å². The van der Waals surface area contributed by atoms with E-state index in [0.717, 1.165) is 5.56 Å². The number of rotatable bonds is 9. The van der Waals surface area contributed by atoms with E-state index in [9.17, 15) is 14.0 Å². The molecule has 0 radical (unpaired) electrons. The van der Waals surface area contributed by atoms with Gasteiger partial charge in [-0.1, -0.05) is 37.3 Å². The molecular weight excluding hydrogens is 457 g/mol. The molecule has 1 unspecified atom stereocenters. The molecule has 0 spiro atoms. The molecule has 0 bridgehead atoms. The summed E-state index contributed by atoms with van der Waals surface area (Å²) < 4.78 is 15.2. The van der Waals surface area contributed by atoms with E-state index >= 15 is 0 Å². The van der Waals surface area contributed by atoms with Crippen molar-refractivity contribution in [2.75, 3.05) is 27.2 Å². The molecule has 186 valence electrons. The minimum atomic E-state index is -0.495. The second kappa shape index (κ2) is 11.2. The zero-order valence-corrected chi connectivity index (χ0v) is 20.8. The molecule has 36 heavy (non-hydrogen) atoms. The van der Waals surface area contributed by atoms with E-state index in [2.05, 4.69) is 4.98 Å². The summed E-state index contributed by atoms with van der Waals surface area (Å²) in [6, 6.07) is 18.2. The Balaban J connectivity index is 1.87. The van der Waals surface area contributed by atoms with Crippen molar-refractivity contribution in [3.8, 4) is 0 Å². The summed E-state index contributed by atoms with van der Waals surface area (Å²) in [5.41, 5.74) is 1.48. The van der Waals surface area contributed by atoms with Gasteiger partial charge in [0.1, 0.15) is 11.6 Å². The van der Waals surface area contributed by atoms with Gasteiger partial charge < -0.3 is 9.80 Å². The first-order chi connectivity index (χ1) is 17.4. The van der Waals surface area contributed by atoms with Gasteiger partial charge in [-0.05, 0) is 62.5 Å². The van der Waals surface area contributed by atoms with E-state index in [-0.39, 0.29) is 11.5 Å². The summed E-state index contributed by atoms with van der Waals surface area (Å²) in [5, 5.41) is 0.428. The number of carbonyl (C=O) groups is 1. The SMILES string of the molecule is CCC(c1nc2ncccc2c(=O)n1Cc1ccccc1)N(CCN(C)C)C(=O)c1ccc(F)cc1. The third-order valence-corrected chi connectivity index (χ3v) is 6.14. The number of aromatic nitrogens is 3. The fourth-order valence-corrected chi connectivity index (χ4v) is 4.25. The largest absolute Gasteiger partial charge is 0.327 e. The zero-order chi connectivity index (χ0) is 25.7. The molecule has 0 aliphatic rings. The van der Waals surface area contributed by atoms with Crippen LogP contribution in [-0.2, 0) is 6.54 Å². The van der Waals surface area contributed by atoms with Crippen molar-refractivity contribution in [1.82, 2.24) is 24.3 Å². The molecule has 8 heteroatoms. The van der Waals surface area contributed by atoms with Crippen molar-refractivity contribution in [2.45, 2.75) is 25.9 Å². The van der Waals surface area contributed by atoms with Crippen LogP contribution >= 0.6 is 0 Å². The van der Waals surface area contributed by atoms with Gasteiger partial charge in [-0.2, -0.15) is 0 Å². The van der Waals surface area contributed by atoms with Crippen molar-refractivity contribution >= 4 is 16.9 Å². The Hall–Kier alpha value is -3.91. The fraction of sp³-hybridized carbons (Fsp3) is 0.286. The molecular formula is C28H30FN5O2. The monoisotopic (exact) mass is 487 g/mol. The standard InChI is InChI=1S/C28H30FN5O2/c1-4-24(33(18-17-32(2)3)27(35)21-12-14-22(29)15-13-21)26-31-25-23(11-8-16-30-25)28(36)34(26)19-20-9-6-5-7-10-20/h5-16,24H,4,17-19H2,1-3H3. The van der Waals surface area contributed by atoms with Gasteiger partial charge in [0, 0.05) is 24.8 Å². The highest BCUT2D eigenvalue weighted by molar-refractivity contribution is 5.94. The van der Waals surface area contributed by atoms with Crippen LogP contribution in [0.15, 0.2) is 77.7 Å². The number of likely N-dealkylation sites (N-methyl/N-ethyl adjacent to an activating group) is 1. The fourth-order valence-electron chi connectivity index (χ4n) is 4.25. The minimum Gasteiger partial charge on any atom is -0.327 e. The first kappa shape index (κ1) is 25.2. The van der Waals surface area contributed by atoms with Gasteiger partial charge in [0.05, 0.1) is 18.0 Å². The van der Waals surface area contributed by atoms with Crippen molar-refractivity contribution in [1.29, 1.82) is 0 Å². The number of hydrogen-bond donors (Lipinski definition) is 0. The molecule has 0 fully saturated rings. The first-order valence-corrected chi connectivity index (χ1v) is 12.0.